The highest BCUT2D eigenvalue weighted by Crippen LogP contribution is 2.18. The normalized spacial score (nSPS) is 10.1. The first kappa shape index (κ1) is 10.4. The molecule has 0 atom stereocenters. The van der Waals surface area contributed by atoms with E-state index >= 15 is 0 Å². The molecule has 0 radical (unpaired) electrons. The molecule has 0 unspecified atom stereocenters. The predicted octanol–water partition coefficient (Wildman–Crippen LogP) is 2.85. The molecular weight excluding hydrogens is 205 g/mol. The van der Waals surface area contributed by atoms with Gasteiger partial charge in [0.25, 0.3) is 0 Å². The van der Waals surface area contributed by atoms with Gasteiger partial charge in [-0.15, -0.1) is 0 Å². The van der Waals surface area contributed by atoms with E-state index in [4.69, 9.17) is 5.73 Å². The topological polar surface area (TPSA) is 50.9 Å². The third-order valence-corrected chi connectivity index (χ3v) is 2.24. The van der Waals surface area contributed by atoms with Crippen molar-refractivity contribution in [1.29, 1.82) is 0 Å². The second-order valence-corrected chi connectivity index (χ2v) is 3.56. The minimum Gasteiger partial charge on any atom is -0.398 e. The summed E-state index contributed by atoms with van der Waals surface area (Å²) in [6.45, 7) is 1.88. The monoisotopic (exact) mass is 217 g/mol. The van der Waals surface area contributed by atoms with Gasteiger partial charge >= 0.3 is 0 Å². The molecule has 82 valence electrons. The summed E-state index contributed by atoms with van der Waals surface area (Å²) < 4.78 is 12.9. The van der Waals surface area contributed by atoms with E-state index in [1.54, 1.807) is 24.4 Å². The zero-order chi connectivity index (χ0) is 11.5. The van der Waals surface area contributed by atoms with Crippen molar-refractivity contribution in [3.8, 4) is 0 Å². The van der Waals surface area contributed by atoms with E-state index < -0.39 is 0 Å². The first-order chi connectivity index (χ1) is 7.65. The lowest BCUT2D eigenvalue weighted by atomic mass is 10.2. The number of nitrogens with one attached hydrogen (secondary N) is 1. The fraction of sp³-hybridized carbons (Fsp3) is 0.0833. The summed E-state index contributed by atoms with van der Waals surface area (Å²) in [7, 11) is 0. The van der Waals surface area contributed by atoms with Crippen LogP contribution in [0.3, 0.4) is 0 Å². The van der Waals surface area contributed by atoms with Crippen LogP contribution >= 0.6 is 0 Å². The van der Waals surface area contributed by atoms with Crippen LogP contribution in [0.4, 0.5) is 21.6 Å². The van der Waals surface area contributed by atoms with Gasteiger partial charge < -0.3 is 11.1 Å². The number of anilines is 3. The molecule has 0 aliphatic heterocycles. The van der Waals surface area contributed by atoms with Crippen LogP contribution in [0.1, 0.15) is 5.56 Å². The summed E-state index contributed by atoms with van der Waals surface area (Å²) in [5, 5.41) is 2.98. The van der Waals surface area contributed by atoms with Crippen molar-refractivity contribution in [1.82, 2.24) is 4.98 Å². The van der Waals surface area contributed by atoms with Gasteiger partial charge in [0, 0.05) is 23.6 Å². The summed E-state index contributed by atoms with van der Waals surface area (Å²) >= 11 is 0. The van der Waals surface area contributed by atoms with Gasteiger partial charge in [0.2, 0.25) is 0 Å². The largest absolute Gasteiger partial charge is 0.398 e. The van der Waals surface area contributed by atoms with Crippen LogP contribution < -0.4 is 11.1 Å². The Morgan fingerprint density at radius 2 is 2.12 bits per heavy atom. The van der Waals surface area contributed by atoms with Crippen LogP contribution in [0.2, 0.25) is 0 Å². The summed E-state index contributed by atoms with van der Waals surface area (Å²) in [4.78, 5) is 4.15. The maximum absolute atomic E-state index is 12.9. The number of aryl methyl sites for hydroxylation is 1. The fourth-order valence-corrected chi connectivity index (χ4v) is 1.32. The number of hydrogen-bond acceptors (Lipinski definition) is 3. The molecule has 0 spiro atoms. The molecule has 0 bridgehead atoms. The Morgan fingerprint density at radius 3 is 2.81 bits per heavy atom. The molecule has 0 aliphatic rings. The van der Waals surface area contributed by atoms with Gasteiger partial charge in [-0.3, -0.25) is 0 Å². The number of benzene rings is 1. The highest BCUT2D eigenvalue weighted by atomic mass is 19.1. The van der Waals surface area contributed by atoms with Crippen molar-refractivity contribution >= 4 is 17.2 Å². The molecule has 1 aromatic heterocycles. The quantitative estimate of drug-likeness (QED) is 0.813. The van der Waals surface area contributed by atoms with Crippen LogP contribution in [0.15, 0.2) is 36.5 Å². The van der Waals surface area contributed by atoms with Crippen molar-refractivity contribution in [2.45, 2.75) is 6.92 Å². The van der Waals surface area contributed by atoms with E-state index in [-0.39, 0.29) is 5.82 Å². The molecule has 0 fully saturated rings. The smallest absolute Gasteiger partial charge is 0.132 e. The van der Waals surface area contributed by atoms with Crippen molar-refractivity contribution in [3.05, 3.63) is 47.9 Å². The fourth-order valence-electron chi connectivity index (χ4n) is 1.32. The molecule has 0 aliphatic carbocycles. The number of hydrogen-bond donors (Lipinski definition) is 2. The Labute approximate surface area is 93.1 Å². The van der Waals surface area contributed by atoms with Crippen molar-refractivity contribution in [2.24, 2.45) is 0 Å². The van der Waals surface area contributed by atoms with Crippen LogP contribution in [-0.2, 0) is 0 Å². The summed E-state index contributed by atoms with van der Waals surface area (Å²) in [5.41, 5.74) is 7.98. The molecular formula is C12H12FN3. The van der Waals surface area contributed by atoms with Gasteiger partial charge in [-0.05, 0) is 30.7 Å². The number of nitrogen functional groups attached to an aromatic ring is 1. The molecule has 1 heterocycles. The van der Waals surface area contributed by atoms with Crippen molar-refractivity contribution in [3.63, 3.8) is 0 Å². The molecule has 2 aromatic rings. The number of aromatic nitrogens is 1. The van der Waals surface area contributed by atoms with E-state index in [0.717, 1.165) is 5.56 Å². The highest BCUT2D eigenvalue weighted by Gasteiger charge is 2.00. The number of pyridine rings is 1. The van der Waals surface area contributed by atoms with Crippen LogP contribution in [0.5, 0.6) is 0 Å². The number of nitrogens with two attached hydrogens (primary N) is 1. The van der Waals surface area contributed by atoms with Gasteiger partial charge in [-0.1, -0.05) is 6.07 Å². The van der Waals surface area contributed by atoms with Gasteiger partial charge in [0.1, 0.15) is 11.6 Å². The summed E-state index contributed by atoms with van der Waals surface area (Å²) in [5.74, 6) is 0.318. The van der Waals surface area contributed by atoms with Crippen LogP contribution in [0.25, 0.3) is 0 Å². The molecule has 0 saturated carbocycles. The average molecular weight is 217 g/mol. The van der Waals surface area contributed by atoms with E-state index in [1.807, 2.05) is 6.92 Å². The van der Waals surface area contributed by atoms with Gasteiger partial charge in [0.05, 0.1) is 0 Å². The Kier molecular flexibility index (Phi) is 2.72. The highest BCUT2D eigenvalue weighted by molar-refractivity contribution is 5.61. The second kappa shape index (κ2) is 4.18. The SMILES string of the molecule is Cc1cnc(Nc2cccc(F)c2)cc1N. The maximum atomic E-state index is 12.9. The summed E-state index contributed by atoms with van der Waals surface area (Å²) in [6, 6.07) is 7.91. The summed E-state index contributed by atoms with van der Waals surface area (Å²) in [6.07, 6.45) is 1.68. The van der Waals surface area contributed by atoms with Crippen molar-refractivity contribution in [2.75, 3.05) is 11.1 Å². The minimum absolute atomic E-state index is 0.287. The van der Waals surface area contributed by atoms with Gasteiger partial charge in [-0.2, -0.15) is 0 Å². The third-order valence-electron chi connectivity index (χ3n) is 2.24. The molecule has 4 heteroatoms. The molecule has 0 amide bonds. The zero-order valence-corrected chi connectivity index (χ0v) is 8.87. The Morgan fingerprint density at radius 1 is 1.31 bits per heavy atom. The first-order valence-corrected chi connectivity index (χ1v) is 4.90. The maximum Gasteiger partial charge on any atom is 0.132 e. The lowest BCUT2D eigenvalue weighted by molar-refractivity contribution is 0.628. The number of nitrogens with zero attached hydrogens (tertiary/aromatic N) is 1. The minimum atomic E-state index is -0.287. The predicted molar refractivity (Wildman–Crippen MR) is 63.1 cm³/mol. The lowest BCUT2D eigenvalue weighted by Gasteiger charge is -2.07. The number of halogens is 1. The second-order valence-electron chi connectivity index (χ2n) is 3.56. The van der Waals surface area contributed by atoms with Gasteiger partial charge in [0.15, 0.2) is 0 Å². The van der Waals surface area contributed by atoms with E-state index in [0.29, 0.717) is 17.2 Å². The standard InChI is InChI=1S/C12H12FN3/c1-8-7-15-12(6-11(8)14)16-10-4-2-3-9(13)5-10/h2-7H,1H3,(H3,14,15,16). The van der Waals surface area contributed by atoms with E-state index in [9.17, 15) is 4.39 Å². The molecule has 3 nitrogen and oxygen atoms in total. The third kappa shape index (κ3) is 2.28. The van der Waals surface area contributed by atoms with E-state index in [1.165, 1.54) is 12.1 Å². The lowest BCUT2D eigenvalue weighted by Crippen LogP contribution is -1.97. The van der Waals surface area contributed by atoms with Crippen LogP contribution in [-0.4, -0.2) is 4.98 Å². The molecule has 16 heavy (non-hydrogen) atoms. The van der Waals surface area contributed by atoms with Crippen molar-refractivity contribution < 1.29 is 4.39 Å². The Balaban J connectivity index is 2.24. The Hall–Kier alpha value is -2.10. The molecule has 0 saturated heterocycles. The molecule has 1 aromatic carbocycles. The zero-order valence-electron chi connectivity index (χ0n) is 8.87. The Bertz CT molecular complexity index is 511. The molecule has 3 N–H and O–H groups in total. The van der Waals surface area contributed by atoms with E-state index in [2.05, 4.69) is 10.3 Å². The average Bonchev–Trinajstić information content (AvgIpc) is 2.24. The first-order valence-electron chi connectivity index (χ1n) is 4.90. The van der Waals surface area contributed by atoms with Crippen LogP contribution in [0, 0.1) is 12.7 Å². The number of rotatable bonds is 2. The molecule has 2 rings (SSSR count). The van der Waals surface area contributed by atoms with Gasteiger partial charge in [-0.25, -0.2) is 9.37 Å².